The molecule has 1 heterocycles. The zero-order valence-corrected chi connectivity index (χ0v) is 11.4. The van der Waals surface area contributed by atoms with Gasteiger partial charge in [0.25, 0.3) is 5.69 Å². The first-order valence-corrected chi connectivity index (χ1v) is 6.49. The van der Waals surface area contributed by atoms with Crippen LogP contribution >= 0.6 is 11.6 Å². The summed E-state index contributed by atoms with van der Waals surface area (Å²) in [4.78, 5) is 14.6. The van der Waals surface area contributed by atoms with Crippen molar-refractivity contribution in [3.8, 4) is 0 Å². The molecule has 0 radical (unpaired) electrons. The minimum absolute atomic E-state index is 0.00535. The van der Waals surface area contributed by atoms with E-state index in [1.54, 1.807) is 24.3 Å². The summed E-state index contributed by atoms with van der Waals surface area (Å²) in [6, 6.07) is 13.5. The average Bonchev–Trinajstić information content (AvgIpc) is 2.91. The third kappa shape index (κ3) is 2.78. The summed E-state index contributed by atoms with van der Waals surface area (Å²) in [7, 11) is 0. The van der Waals surface area contributed by atoms with Crippen LogP contribution in [0.4, 0.5) is 5.69 Å². The molecule has 2 aromatic carbocycles. The highest BCUT2D eigenvalue weighted by Crippen LogP contribution is 2.26. The smallest absolute Gasteiger partial charge is 0.270 e. The van der Waals surface area contributed by atoms with Gasteiger partial charge in [0, 0.05) is 12.1 Å². The molecule has 0 aliphatic carbocycles. The van der Waals surface area contributed by atoms with Gasteiger partial charge in [-0.15, -0.1) is 0 Å². The number of fused-ring (bicyclic) bond motifs is 1. The quantitative estimate of drug-likeness (QED) is 0.528. The molecule has 0 aliphatic heterocycles. The van der Waals surface area contributed by atoms with E-state index >= 15 is 0 Å². The minimum Gasteiger partial charge on any atom is -0.435 e. The summed E-state index contributed by atoms with van der Waals surface area (Å²) in [6.07, 6.45) is 1.58. The van der Waals surface area contributed by atoms with Gasteiger partial charge in [-0.3, -0.25) is 10.1 Å². The molecule has 0 unspecified atom stereocenters. The van der Waals surface area contributed by atoms with E-state index in [4.69, 9.17) is 16.0 Å². The van der Waals surface area contributed by atoms with Crippen molar-refractivity contribution in [3.63, 3.8) is 0 Å². The number of aromatic nitrogens is 1. The van der Waals surface area contributed by atoms with Crippen molar-refractivity contribution in [3.05, 3.63) is 70.1 Å². The molecule has 0 saturated heterocycles. The maximum Gasteiger partial charge on any atom is 0.270 e. The Hall–Kier alpha value is -2.66. The topological polar surface area (TPSA) is 69.2 Å². The predicted octanol–water partition coefficient (Wildman–Crippen LogP) is 4.47. The summed E-state index contributed by atoms with van der Waals surface area (Å²) in [5.41, 5.74) is 1.96. The lowest BCUT2D eigenvalue weighted by Crippen LogP contribution is -1.87. The molecule has 0 spiro atoms. The van der Waals surface area contributed by atoms with Gasteiger partial charge in [-0.2, -0.15) is 0 Å². The Morgan fingerprint density at radius 1 is 1.24 bits per heavy atom. The van der Waals surface area contributed by atoms with Crippen molar-refractivity contribution in [2.45, 2.75) is 0 Å². The molecule has 0 saturated carbocycles. The number of rotatable bonds is 3. The minimum atomic E-state index is -0.454. The number of oxazole rings is 1. The Morgan fingerprint density at radius 2 is 2.05 bits per heavy atom. The van der Waals surface area contributed by atoms with E-state index < -0.39 is 4.92 Å². The summed E-state index contributed by atoms with van der Waals surface area (Å²) in [5.74, 6) is 0.282. The van der Waals surface area contributed by atoms with Gasteiger partial charge < -0.3 is 4.42 Å². The van der Waals surface area contributed by atoms with Crippen LogP contribution in [0, 0.1) is 10.1 Å². The first-order chi connectivity index (χ1) is 10.1. The van der Waals surface area contributed by atoms with Crippen molar-refractivity contribution < 1.29 is 9.34 Å². The predicted molar refractivity (Wildman–Crippen MR) is 80.8 cm³/mol. The second-order valence-corrected chi connectivity index (χ2v) is 4.74. The van der Waals surface area contributed by atoms with Crippen LogP contribution in [0.2, 0.25) is 0 Å². The molecule has 0 atom stereocenters. The number of non-ortho nitro benzene ring substituents is 1. The summed E-state index contributed by atoms with van der Waals surface area (Å²) >= 11 is 6.18. The molecule has 0 fully saturated rings. The molecule has 3 aromatic rings. The molecule has 0 N–H and O–H groups in total. The van der Waals surface area contributed by atoms with Crippen LogP contribution in [0.5, 0.6) is 0 Å². The number of para-hydroxylation sites is 2. The molecule has 3 rings (SSSR count). The molecule has 1 aromatic heterocycles. The molecule has 5 nitrogen and oxygen atoms in total. The van der Waals surface area contributed by atoms with Gasteiger partial charge in [-0.05, 0) is 23.8 Å². The van der Waals surface area contributed by atoms with Gasteiger partial charge in [0.1, 0.15) is 10.5 Å². The Bertz CT molecular complexity index is 822. The highest BCUT2D eigenvalue weighted by molar-refractivity contribution is 6.50. The number of nitro benzene ring substituents is 1. The van der Waals surface area contributed by atoms with Crippen LogP contribution in [-0.4, -0.2) is 9.91 Å². The largest absolute Gasteiger partial charge is 0.435 e. The van der Waals surface area contributed by atoms with E-state index in [1.165, 1.54) is 12.1 Å². The van der Waals surface area contributed by atoms with Gasteiger partial charge in [0.2, 0.25) is 5.89 Å². The van der Waals surface area contributed by atoms with Crippen molar-refractivity contribution in [2.75, 3.05) is 0 Å². The molecule has 21 heavy (non-hydrogen) atoms. The van der Waals surface area contributed by atoms with E-state index in [1.807, 2.05) is 18.2 Å². The van der Waals surface area contributed by atoms with Crippen molar-refractivity contribution in [1.82, 2.24) is 4.98 Å². The number of benzene rings is 2. The van der Waals surface area contributed by atoms with Gasteiger partial charge >= 0.3 is 0 Å². The highest BCUT2D eigenvalue weighted by Gasteiger charge is 2.10. The number of nitrogens with zero attached hydrogens (tertiary/aromatic N) is 2. The van der Waals surface area contributed by atoms with E-state index in [0.29, 0.717) is 16.7 Å². The molecule has 6 heteroatoms. The van der Waals surface area contributed by atoms with Gasteiger partial charge in [-0.25, -0.2) is 4.98 Å². The van der Waals surface area contributed by atoms with Crippen molar-refractivity contribution in [1.29, 1.82) is 0 Å². The summed E-state index contributed by atoms with van der Waals surface area (Å²) in [6.45, 7) is 0. The second kappa shape index (κ2) is 5.38. The molecular formula is C15H9ClN2O3. The fourth-order valence-corrected chi connectivity index (χ4v) is 2.12. The molecule has 104 valence electrons. The Balaban J connectivity index is 1.98. The SMILES string of the molecule is O=[N+]([O-])c1cccc(/C=C(\Cl)c2nc3ccccc3o2)c1. The Labute approximate surface area is 124 Å². The standard InChI is InChI=1S/C15H9ClN2O3/c16-12(9-10-4-3-5-11(8-10)18(19)20)15-17-13-6-1-2-7-14(13)21-15/h1-9H/b12-9-. The van der Waals surface area contributed by atoms with E-state index in [-0.39, 0.29) is 16.6 Å². The van der Waals surface area contributed by atoms with E-state index in [2.05, 4.69) is 4.98 Å². The molecule has 0 bridgehead atoms. The monoisotopic (exact) mass is 300 g/mol. The lowest BCUT2D eigenvalue weighted by atomic mass is 10.2. The third-order valence-corrected chi connectivity index (χ3v) is 3.14. The van der Waals surface area contributed by atoms with E-state index in [0.717, 1.165) is 0 Å². The van der Waals surface area contributed by atoms with Gasteiger partial charge in [0.15, 0.2) is 5.58 Å². The fourth-order valence-electron chi connectivity index (χ4n) is 1.91. The number of hydrogen-bond acceptors (Lipinski definition) is 4. The maximum atomic E-state index is 10.7. The average molecular weight is 301 g/mol. The van der Waals surface area contributed by atoms with Crippen LogP contribution in [0.15, 0.2) is 52.9 Å². The van der Waals surface area contributed by atoms with Crippen LogP contribution in [0.3, 0.4) is 0 Å². The molecule has 0 aliphatic rings. The summed E-state index contributed by atoms with van der Waals surface area (Å²) < 4.78 is 5.53. The first-order valence-electron chi connectivity index (χ1n) is 6.11. The fraction of sp³-hybridized carbons (Fsp3) is 0. The molecule has 0 amide bonds. The molecular weight excluding hydrogens is 292 g/mol. The van der Waals surface area contributed by atoms with Crippen LogP contribution < -0.4 is 0 Å². The van der Waals surface area contributed by atoms with Crippen LogP contribution in [-0.2, 0) is 0 Å². The van der Waals surface area contributed by atoms with E-state index in [9.17, 15) is 10.1 Å². The summed E-state index contributed by atoms with van der Waals surface area (Å²) in [5, 5.41) is 11.0. The highest BCUT2D eigenvalue weighted by atomic mass is 35.5. The van der Waals surface area contributed by atoms with Crippen LogP contribution in [0.1, 0.15) is 11.5 Å². The lowest BCUT2D eigenvalue weighted by molar-refractivity contribution is -0.384. The normalized spacial score (nSPS) is 11.8. The number of hydrogen-bond donors (Lipinski definition) is 0. The number of halogens is 1. The third-order valence-electron chi connectivity index (χ3n) is 2.87. The van der Waals surface area contributed by atoms with Crippen LogP contribution in [0.25, 0.3) is 22.2 Å². The van der Waals surface area contributed by atoms with Crippen molar-refractivity contribution >= 4 is 39.5 Å². The second-order valence-electron chi connectivity index (χ2n) is 4.33. The Kier molecular flexibility index (Phi) is 3.41. The number of nitro groups is 1. The van der Waals surface area contributed by atoms with Gasteiger partial charge in [-0.1, -0.05) is 35.9 Å². The Morgan fingerprint density at radius 3 is 2.81 bits per heavy atom. The zero-order valence-electron chi connectivity index (χ0n) is 10.7. The van der Waals surface area contributed by atoms with Gasteiger partial charge in [0.05, 0.1) is 4.92 Å². The first kappa shape index (κ1) is 13.3. The maximum absolute atomic E-state index is 10.7. The zero-order chi connectivity index (χ0) is 14.8. The lowest BCUT2D eigenvalue weighted by Gasteiger charge is -1.96. The van der Waals surface area contributed by atoms with Crippen molar-refractivity contribution in [2.24, 2.45) is 0 Å².